The van der Waals surface area contributed by atoms with Crippen molar-refractivity contribution in [3.8, 4) is 0 Å². The molecule has 0 saturated heterocycles. The number of rotatable bonds is 2. The van der Waals surface area contributed by atoms with E-state index in [2.05, 4.69) is 13.8 Å². The van der Waals surface area contributed by atoms with Crippen molar-refractivity contribution in [2.45, 2.75) is 45.6 Å². The van der Waals surface area contributed by atoms with Crippen molar-refractivity contribution in [3.05, 3.63) is 0 Å². The molecule has 0 aromatic carbocycles. The Morgan fingerprint density at radius 1 is 1.40 bits per heavy atom. The van der Waals surface area contributed by atoms with Gasteiger partial charge in [-0.3, -0.25) is 0 Å². The third-order valence-electron chi connectivity index (χ3n) is 2.29. The zero-order chi connectivity index (χ0) is 7.40. The van der Waals surface area contributed by atoms with E-state index in [1.54, 1.807) is 0 Å². The molecule has 60 valence electrons. The van der Waals surface area contributed by atoms with E-state index < -0.39 is 0 Å². The normalized spacial score (nSPS) is 34.2. The molecule has 0 bridgehead atoms. The SMILES string of the molecule is CCOC1CCCC(C)C1. The largest absolute Gasteiger partial charge is 0.378 e. The van der Waals surface area contributed by atoms with Gasteiger partial charge in [0, 0.05) is 6.61 Å². The van der Waals surface area contributed by atoms with E-state index >= 15 is 0 Å². The minimum Gasteiger partial charge on any atom is -0.378 e. The first-order valence-corrected chi connectivity index (χ1v) is 4.44. The van der Waals surface area contributed by atoms with Crippen LogP contribution >= 0.6 is 0 Å². The summed E-state index contributed by atoms with van der Waals surface area (Å²) in [6, 6.07) is 0. The predicted octanol–water partition coefficient (Wildman–Crippen LogP) is 2.60. The van der Waals surface area contributed by atoms with E-state index in [1.807, 2.05) is 0 Å². The molecule has 1 aliphatic rings. The Labute approximate surface area is 63.8 Å². The second-order valence-electron chi connectivity index (χ2n) is 3.35. The fourth-order valence-electron chi connectivity index (χ4n) is 1.77. The van der Waals surface area contributed by atoms with Crippen LogP contribution in [0.15, 0.2) is 0 Å². The predicted molar refractivity (Wildman–Crippen MR) is 43.0 cm³/mol. The Morgan fingerprint density at radius 2 is 2.20 bits per heavy atom. The van der Waals surface area contributed by atoms with Gasteiger partial charge >= 0.3 is 0 Å². The summed E-state index contributed by atoms with van der Waals surface area (Å²) >= 11 is 0. The van der Waals surface area contributed by atoms with Crippen molar-refractivity contribution in [2.24, 2.45) is 5.92 Å². The van der Waals surface area contributed by atoms with E-state index in [4.69, 9.17) is 4.74 Å². The summed E-state index contributed by atoms with van der Waals surface area (Å²) < 4.78 is 5.55. The molecule has 2 atom stereocenters. The van der Waals surface area contributed by atoms with Gasteiger partial charge in [-0.05, 0) is 25.7 Å². The van der Waals surface area contributed by atoms with Crippen molar-refractivity contribution in [1.82, 2.24) is 0 Å². The molecule has 0 N–H and O–H groups in total. The van der Waals surface area contributed by atoms with Gasteiger partial charge in [0.05, 0.1) is 6.10 Å². The Bertz CT molecular complexity index is 88.7. The van der Waals surface area contributed by atoms with E-state index in [0.717, 1.165) is 12.5 Å². The van der Waals surface area contributed by atoms with Crippen molar-refractivity contribution in [3.63, 3.8) is 0 Å². The quantitative estimate of drug-likeness (QED) is 0.576. The fraction of sp³-hybridized carbons (Fsp3) is 1.00. The monoisotopic (exact) mass is 142 g/mol. The third-order valence-corrected chi connectivity index (χ3v) is 2.29. The van der Waals surface area contributed by atoms with E-state index in [-0.39, 0.29) is 0 Å². The topological polar surface area (TPSA) is 9.23 Å². The first kappa shape index (κ1) is 8.06. The summed E-state index contributed by atoms with van der Waals surface area (Å²) in [4.78, 5) is 0. The summed E-state index contributed by atoms with van der Waals surface area (Å²) in [5.74, 6) is 0.894. The highest BCUT2D eigenvalue weighted by atomic mass is 16.5. The van der Waals surface area contributed by atoms with Crippen LogP contribution in [0.25, 0.3) is 0 Å². The third kappa shape index (κ3) is 2.30. The molecule has 1 heteroatoms. The summed E-state index contributed by atoms with van der Waals surface area (Å²) in [7, 11) is 0. The van der Waals surface area contributed by atoms with Gasteiger partial charge in [0.2, 0.25) is 0 Å². The fourth-order valence-corrected chi connectivity index (χ4v) is 1.77. The Balaban J connectivity index is 2.18. The van der Waals surface area contributed by atoms with Crippen LogP contribution in [0.5, 0.6) is 0 Å². The lowest BCUT2D eigenvalue weighted by atomic mass is 9.89. The van der Waals surface area contributed by atoms with Gasteiger partial charge in [0.25, 0.3) is 0 Å². The zero-order valence-electron chi connectivity index (χ0n) is 7.10. The molecular formula is C9H18O. The average molecular weight is 142 g/mol. The minimum absolute atomic E-state index is 0.578. The summed E-state index contributed by atoms with van der Waals surface area (Å²) in [6.07, 6.45) is 5.93. The molecule has 1 fully saturated rings. The van der Waals surface area contributed by atoms with Gasteiger partial charge in [0.1, 0.15) is 0 Å². The Kier molecular flexibility index (Phi) is 3.20. The highest BCUT2D eigenvalue weighted by Gasteiger charge is 2.18. The molecule has 1 nitrogen and oxygen atoms in total. The molecule has 0 aromatic rings. The molecule has 1 aliphatic carbocycles. The van der Waals surface area contributed by atoms with E-state index in [9.17, 15) is 0 Å². The molecule has 0 radical (unpaired) electrons. The van der Waals surface area contributed by atoms with Gasteiger partial charge < -0.3 is 4.74 Å². The van der Waals surface area contributed by atoms with Crippen LogP contribution < -0.4 is 0 Å². The number of hydrogen-bond donors (Lipinski definition) is 0. The van der Waals surface area contributed by atoms with Crippen LogP contribution in [0.4, 0.5) is 0 Å². The van der Waals surface area contributed by atoms with Crippen LogP contribution in [0.2, 0.25) is 0 Å². The van der Waals surface area contributed by atoms with Crippen LogP contribution in [0.3, 0.4) is 0 Å². The second-order valence-corrected chi connectivity index (χ2v) is 3.35. The van der Waals surface area contributed by atoms with Crippen LogP contribution in [-0.2, 0) is 4.74 Å². The molecule has 1 rings (SSSR count). The summed E-state index contributed by atoms with van der Waals surface area (Å²) in [6.45, 7) is 5.29. The van der Waals surface area contributed by atoms with Crippen molar-refractivity contribution in [2.75, 3.05) is 6.61 Å². The molecule has 0 spiro atoms. The Morgan fingerprint density at radius 3 is 2.80 bits per heavy atom. The van der Waals surface area contributed by atoms with Gasteiger partial charge in [-0.15, -0.1) is 0 Å². The molecule has 0 amide bonds. The highest BCUT2D eigenvalue weighted by molar-refractivity contribution is 4.69. The molecule has 0 heterocycles. The molecule has 0 aromatic heterocycles. The number of hydrogen-bond acceptors (Lipinski definition) is 1. The first-order chi connectivity index (χ1) is 4.83. The molecular weight excluding hydrogens is 124 g/mol. The lowest BCUT2D eigenvalue weighted by Gasteiger charge is -2.26. The number of ether oxygens (including phenoxy) is 1. The van der Waals surface area contributed by atoms with Gasteiger partial charge in [-0.2, -0.15) is 0 Å². The lowest BCUT2D eigenvalue weighted by molar-refractivity contribution is 0.0232. The molecule has 1 saturated carbocycles. The van der Waals surface area contributed by atoms with Crippen LogP contribution in [-0.4, -0.2) is 12.7 Å². The minimum atomic E-state index is 0.578. The highest BCUT2D eigenvalue weighted by Crippen LogP contribution is 2.25. The summed E-state index contributed by atoms with van der Waals surface area (Å²) in [5.41, 5.74) is 0. The smallest absolute Gasteiger partial charge is 0.0577 e. The van der Waals surface area contributed by atoms with Crippen molar-refractivity contribution >= 4 is 0 Å². The van der Waals surface area contributed by atoms with Gasteiger partial charge in [-0.1, -0.05) is 19.8 Å². The van der Waals surface area contributed by atoms with Crippen LogP contribution in [0.1, 0.15) is 39.5 Å². The maximum Gasteiger partial charge on any atom is 0.0577 e. The average Bonchev–Trinajstić information content (AvgIpc) is 1.88. The molecule has 2 unspecified atom stereocenters. The maximum atomic E-state index is 5.55. The van der Waals surface area contributed by atoms with Crippen molar-refractivity contribution < 1.29 is 4.74 Å². The van der Waals surface area contributed by atoms with Crippen LogP contribution in [0, 0.1) is 5.92 Å². The molecule has 10 heavy (non-hydrogen) atoms. The van der Waals surface area contributed by atoms with E-state index in [1.165, 1.54) is 25.7 Å². The lowest BCUT2D eigenvalue weighted by Crippen LogP contribution is -2.21. The Hall–Kier alpha value is -0.0400. The standard InChI is InChI=1S/C9H18O/c1-3-10-9-6-4-5-8(2)7-9/h8-9H,3-7H2,1-2H3. The zero-order valence-corrected chi connectivity index (χ0v) is 7.10. The van der Waals surface area contributed by atoms with E-state index in [0.29, 0.717) is 6.10 Å². The second kappa shape index (κ2) is 3.97. The molecule has 0 aliphatic heterocycles. The maximum absolute atomic E-state index is 5.55. The van der Waals surface area contributed by atoms with Gasteiger partial charge in [0.15, 0.2) is 0 Å². The van der Waals surface area contributed by atoms with Crippen molar-refractivity contribution in [1.29, 1.82) is 0 Å². The first-order valence-electron chi connectivity index (χ1n) is 4.44. The van der Waals surface area contributed by atoms with Gasteiger partial charge in [-0.25, -0.2) is 0 Å². The summed E-state index contributed by atoms with van der Waals surface area (Å²) in [5, 5.41) is 0.